The topological polar surface area (TPSA) is 29.5 Å². The molecule has 0 aliphatic rings. The largest absolute Gasteiger partial charge is 0.493 e. The summed E-state index contributed by atoms with van der Waals surface area (Å²) in [6, 6.07) is 1.90. The van der Waals surface area contributed by atoms with Gasteiger partial charge in [-0.3, -0.25) is 0 Å². The van der Waals surface area contributed by atoms with Crippen molar-refractivity contribution < 1.29 is 23.0 Å². The highest BCUT2D eigenvalue weighted by molar-refractivity contribution is 5.40. The zero-order valence-corrected chi connectivity index (χ0v) is 9.06. The van der Waals surface area contributed by atoms with Gasteiger partial charge in [0.15, 0.2) is 11.6 Å². The second-order valence-electron chi connectivity index (χ2n) is 3.51. The maximum absolute atomic E-state index is 13.4. The summed E-state index contributed by atoms with van der Waals surface area (Å²) in [6.07, 6.45) is 0.0734. The third-order valence-electron chi connectivity index (χ3n) is 2.21. The Bertz CT molecular complexity index is 372. The first-order valence-corrected chi connectivity index (χ1v) is 4.75. The molecule has 1 aromatic carbocycles. The predicted molar refractivity (Wildman–Crippen MR) is 53.3 cm³/mol. The van der Waals surface area contributed by atoms with Crippen LogP contribution in [0.4, 0.5) is 13.2 Å². The van der Waals surface area contributed by atoms with Crippen molar-refractivity contribution in [3.05, 3.63) is 29.1 Å². The van der Waals surface area contributed by atoms with E-state index in [1.165, 1.54) is 7.11 Å². The molecular formula is C11H13F3O2. The molecule has 0 radical (unpaired) electrons. The van der Waals surface area contributed by atoms with Gasteiger partial charge in [-0.1, -0.05) is 0 Å². The van der Waals surface area contributed by atoms with Crippen LogP contribution in [0.5, 0.6) is 5.75 Å². The maximum atomic E-state index is 13.4. The number of aliphatic hydroxyl groups is 1. The van der Waals surface area contributed by atoms with E-state index in [0.29, 0.717) is 6.92 Å². The maximum Gasteiger partial charge on any atom is 0.270 e. The van der Waals surface area contributed by atoms with Gasteiger partial charge in [-0.05, 0) is 24.1 Å². The van der Waals surface area contributed by atoms with Crippen molar-refractivity contribution in [3.8, 4) is 5.75 Å². The first-order chi connectivity index (χ1) is 7.40. The molecule has 0 aliphatic carbocycles. The van der Waals surface area contributed by atoms with Crippen LogP contribution in [-0.4, -0.2) is 18.8 Å². The number of methoxy groups -OCH3 is 1. The number of alkyl halides is 2. The first kappa shape index (κ1) is 12.8. The van der Waals surface area contributed by atoms with E-state index < -0.39 is 17.3 Å². The van der Waals surface area contributed by atoms with Crippen LogP contribution in [0.1, 0.15) is 18.1 Å². The van der Waals surface area contributed by atoms with Crippen molar-refractivity contribution in [2.75, 3.05) is 13.7 Å². The van der Waals surface area contributed by atoms with E-state index in [1.807, 2.05) is 0 Å². The van der Waals surface area contributed by atoms with Crippen molar-refractivity contribution in [1.29, 1.82) is 0 Å². The van der Waals surface area contributed by atoms with Crippen LogP contribution in [0, 0.1) is 5.82 Å². The third kappa shape index (κ3) is 2.66. The van der Waals surface area contributed by atoms with Crippen LogP contribution in [0.3, 0.4) is 0 Å². The van der Waals surface area contributed by atoms with Gasteiger partial charge in [0, 0.05) is 19.1 Å². The molecule has 0 saturated heterocycles. The highest BCUT2D eigenvalue weighted by Crippen LogP contribution is 2.33. The second-order valence-corrected chi connectivity index (χ2v) is 3.51. The van der Waals surface area contributed by atoms with E-state index in [0.717, 1.165) is 12.1 Å². The van der Waals surface area contributed by atoms with Gasteiger partial charge in [-0.2, -0.15) is 0 Å². The molecule has 0 atom stereocenters. The van der Waals surface area contributed by atoms with Gasteiger partial charge >= 0.3 is 0 Å². The van der Waals surface area contributed by atoms with E-state index in [4.69, 9.17) is 9.84 Å². The Morgan fingerprint density at radius 2 is 2.00 bits per heavy atom. The first-order valence-electron chi connectivity index (χ1n) is 4.75. The minimum Gasteiger partial charge on any atom is -0.493 e. The van der Waals surface area contributed by atoms with Crippen LogP contribution >= 0.6 is 0 Å². The standard InChI is InChI=1S/C11H13F3O2/c1-11(13,14)8-5-7(3-4-15)10(16-2)9(12)6-8/h5-6,15H,3-4H2,1-2H3. The Morgan fingerprint density at radius 3 is 2.44 bits per heavy atom. The van der Waals surface area contributed by atoms with Gasteiger partial charge in [0.25, 0.3) is 5.92 Å². The predicted octanol–water partition coefficient (Wildman–Crippen LogP) is 2.48. The molecule has 0 bridgehead atoms. The summed E-state index contributed by atoms with van der Waals surface area (Å²) in [7, 11) is 1.25. The van der Waals surface area contributed by atoms with Crippen LogP contribution < -0.4 is 4.74 Å². The number of ether oxygens (including phenoxy) is 1. The highest BCUT2D eigenvalue weighted by atomic mass is 19.3. The molecule has 0 aliphatic heterocycles. The van der Waals surface area contributed by atoms with Crippen molar-refractivity contribution in [3.63, 3.8) is 0 Å². The lowest BCUT2D eigenvalue weighted by atomic mass is 10.0. The fourth-order valence-corrected chi connectivity index (χ4v) is 1.44. The Morgan fingerprint density at radius 1 is 1.38 bits per heavy atom. The fraction of sp³-hybridized carbons (Fsp3) is 0.455. The molecular weight excluding hydrogens is 221 g/mol. The van der Waals surface area contributed by atoms with Gasteiger partial charge in [-0.25, -0.2) is 13.2 Å². The Balaban J connectivity index is 3.28. The summed E-state index contributed by atoms with van der Waals surface area (Å²) in [5.41, 5.74) is -0.184. The van der Waals surface area contributed by atoms with Crippen LogP contribution in [0.2, 0.25) is 0 Å². The number of halogens is 3. The summed E-state index contributed by atoms with van der Waals surface area (Å²) in [5, 5.41) is 8.76. The number of aliphatic hydroxyl groups excluding tert-OH is 1. The average molecular weight is 234 g/mol. The minimum atomic E-state index is -3.11. The summed E-state index contributed by atoms with van der Waals surface area (Å²) < 4.78 is 44.2. The minimum absolute atomic E-state index is 0.0734. The molecule has 16 heavy (non-hydrogen) atoms. The molecule has 1 rings (SSSR count). The summed E-state index contributed by atoms with van der Waals surface area (Å²) >= 11 is 0. The fourth-order valence-electron chi connectivity index (χ4n) is 1.44. The molecule has 2 nitrogen and oxygen atoms in total. The van der Waals surface area contributed by atoms with Crippen molar-refractivity contribution in [1.82, 2.24) is 0 Å². The molecule has 0 amide bonds. The zero-order chi connectivity index (χ0) is 12.3. The highest BCUT2D eigenvalue weighted by Gasteiger charge is 2.27. The van der Waals surface area contributed by atoms with E-state index in [2.05, 4.69) is 0 Å². The smallest absolute Gasteiger partial charge is 0.270 e. The summed E-state index contributed by atoms with van der Waals surface area (Å²) in [5.74, 6) is -4.05. The molecule has 1 N–H and O–H groups in total. The lowest BCUT2D eigenvalue weighted by Crippen LogP contribution is -2.10. The van der Waals surface area contributed by atoms with Gasteiger partial charge in [0.2, 0.25) is 0 Å². The molecule has 90 valence electrons. The Labute approximate surface area is 91.7 Å². The molecule has 0 aromatic heterocycles. The lowest BCUT2D eigenvalue weighted by molar-refractivity contribution is 0.0169. The molecule has 5 heteroatoms. The van der Waals surface area contributed by atoms with Crippen molar-refractivity contribution >= 4 is 0 Å². The molecule has 0 spiro atoms. The molecule has 0 unspecified atom stereocenters. The number of hydrogen-bond acceptors (Lipinski definition) is 2. The SMILES string of the molecule is COc1c(F)cc(C(C)(F)F)cc1CCO. The molecule has 0 heterocycles. The van der Waals surface area contributed by atoms with E-state index in [1.54, 1.807) is 0 Å². The molecule has 0 saturated carbocycles. The third-order valence-corrected chi connectivity index (χ3v) is 2.21. The summed E-state index contributed by atoms with van der Waals surface area (Å²) in [6.45, 7) is 0.436. The van der Waals surface area contributed by atoms with Crippen LogP contribution in [-0.2, 0) is 12.3 Å². The van der Waals surface area contributed by atoms with Gasteiger partial charge in [-0.15, -0.1) is 0 Å². The van der Waals surface area contributed by atoms with Crippen LogP contribution in [0.25, 0.3) is 0 Å². The molecule has 0 fully saturated rings. The van der Waals surface area contributed by atoms with E-state index in [9.17, 15) is 13.2 Å². The van der Waals surface area contributed by atoms with Gasteiger partial charge in [0.05, 0.1) is 7.11 Å². The summed E-state index contributed by atoms with van der Waals surface area (Å²) in [4.78, 5) is 0. The average Bonchev–Trinajstić information content (AvgIpc) is 2.16. The van der Waals surface area contributed by atoms with Crippen molar-refractivity contribution in [2.45, 2.75) is 19.3 Å². The van der Waals surface area contributed by atoms with Gasteiger partial charge in [0.1, 0.15) is 0 Å². The lowest BCUT2D eigenvalue weighted by Gasteiger charge is -2.15. The van der Waals surface area contributed by atoms with Crippen LogP contribution in [0.15, 0.2) is 12.1 Å². The number of rotatable bonds is 4. The second kappa shape index (κ2) is 4.74. The van der Waals surface area contributed by atoms with E-state index in [-0.39, 0.29) is 24.3 Å². The normalized spacial score (nSPS) is 11.6. The Hall–Kier alpha value is -1.23. The monoisotopic (exact) mass is 234 g/mol. The molecule has 1 aromatic rings. The number of benzene rings is 1. The van der Waals surface area contributed by atoms with Crippen molar-refractivity contribution in [2.24, 2.45) is 0 Å². The zero-order valence-electron chi connectivity index (χ0n) is 9.06. The number of hydrogen-bond donors (Lipinski definition) is 1. The quantitative estimate of drug-likeness (QED) is 0.867. The Kier molecular flexibility index (Phi) is 3.80. The van der Waals surface area contributed by atoms with Gasteiger partial charge < -0.3 is 9.84 Å². The van der Waals surface area contributed by atoms with E-state index >= 15 is 0 Å².